The molecule has 0 spiro atoms. The van der Waals surface area contributed by atoms with Crippen LogP contribution < -0.4 is 5.32 Å². The molecule has 1 aliphatic rings. The predicted molar refractivity (Wildman–Crippen MR) is 81.4 cm³/mol. The fourth-order valence-electron chi connectivity index (χ4n) is 2.20. The third-order valence-electron chi connectivity index (χ3n) is 3.16. The molecule has 7 heteroatoms. The van der Waals surface area contributed by atoms with Gasteiger partial charge in [-0.15, -0.1) is 24.8 Å². The molecule has 0 unspecified atom stereocenters. The number of halogens is 5. The average Bonchev–Trinajstić information content (AvgIpc) is 2.28. The highest BCUT2D eigenvalue weighted by Crippen LogP contribution is 2.28. The van der Waals surface area contributed by atoms with E-state index in [1.54, 1.807) is 0 Å². The van der Waals surface area contributed by atoms with Gasteiger partial charge in [-0.25, -0.2) is 8.78 Å². The highest BCUT2D eigenvalue weighted by Gasteiger charge is 2.23. The van der Waals surface area contributed by atoms with Crippen LogP contribution in [0.5, 0.6) is 0 Å². The van der Waals surface area contributed by atoms with Crippen LogP contribution in [-0.2, 0) is 0 Å². The maximum absolute atomic E-state index is 13.8. The van der Waals surface area contributed by atoms with Crippen molar-refractivity contribution in [2.45, 2.75) is 13.0 Å². The van der Waals surface area contributed by atoms with Gasteiger partial charge in [0.2, 0.25) is 0 Å². The first-order valence-corrected chi connectivity index (χ1v) is 6.48. The van der Waals surface area contributed by atoms with Crippen molar-refractivity contribution < 1.29 is 8.78 Å². The minimum absolute atomic E-state index is 0. The van der Waals surface area contributed by atoms with E-state index in [0.29, 0.717) is 4.47 Å². The van der Waals surface area contributed by atoms with Crippen molar-refractivity contribution in [1.82, 2.24) is 10.2 Å². The van der Waals surface area contributed by atoms with Gasteiger partial charge in [-0.05, 0) is 19.1 Å². The summed E-state index contributed by atoms with van der Waals surface area (Å²) in [7, 11) is 0. The summed E-state index contributed by atoms with van der Waals surface area (Å²) < 4.78 is 28.0. The zero-order valence-corrected chi connectivity index (χ0v) is 13.7. The third kappa shape index (κ3) is 4.53. The van der Waals surface area contributed by atoms with Crippen LogP contribution in [0.4, 0.5) is 8.78 Å². The second-order valence-electron chi connectivity index (χ2n) is 4.25. The van der Waals surface area contributed by atoms with Gasteiger partial charge in [0.25, 0.3) is 0 Å². The number of hydrogen-bond acceptors (Lipinski definition) is 2. The molecule has 1 heterocycles. The van der Waals surface area contributed by atoms with E-state index >= 15 is 0 Å². The topological polar surface area (TPSA) is 15.3 Å². The summed E-state index contributed by atoms with van der Waals surface area (Å²) in [6.07, 6.45) is 0. The summed E-state index contributed by atoms with van der Waals surface area (Å²) in [5, 5.41) is 3.22. The highest BCUT2D eigenvalue weighted by molar-refractivity contribution is 9.10. The van der Waals surface area contributed by atoms with Crippen molar-refractivity contribution in [1.29, 1.82) is 0 Å². The first-order chi connectivity index (χ1) is 8.09. The van der Waals surface area contributed by atoms with Crippen molar-refractivity contribution in [3.05, 3.63) is 33.8 Å². The molecule has 0 saturated carbocycles. The number of hydrogen-bond donors (Lipinski definition) is 1. The van der Waals surface area contributed by atoms with Gasteiger partial charge < -0.3 is 5.32 Å². The normalized spacial score (nSPS) is 17.3. The number of nitrogens with zero attached hydrogens (tertiary/aromatic N) is 1. The summed E-state index contributed by atoms with van der Waals surface area (Å²) in [6, 6.07) is 2.40. The predicted octanol–water partition coefficient (Wildman–Crippen LogP) is 3.54. The minimum Gasteiger partial charge on any atom is -0.314 e. The Balaban J connectivity index is 0.00000162. The van der Waals surface area contributed by atoms with Gasteiger partial charge in [0.1, 0.15) is 11.6 Å². The molecule has 1 aromatic rings. The molecule has 1 N–H and O–H groups in total. The first kappa shape index (κ1) is 19.1. The molecule has 1 aromatic carbocycles. The zero-order valence-electron chi connectivity index (χ0n) is 10.5. The van der Waals surface area contributed by atoms with Crippen LogP contribution in [0, 0.1) is 11.6 Å². The van der Waals surface area contributed by atoms with Gasteiger partial charge in [-0.2, -0.15) is 0 Å². The first-order valence-electron chi connectivity index (χ1n) is 5.69. The van der Waals surface area contributed by atoms with E-state index in [9.17, 15) is 8.78 Å². The Kier molecular flexibility index (Phi) is 8.40. The smallest absolute Gasteiger partial charge is 0.132 e. The summed E-state index contributed by atoms with van der Waals surface area (Å²) in [5.74, 6) is -0.967. The number of rotatable bonds is 2. The quantitative estimate of drug-likeness (QED) is 0.847. The van der Waals surface area contributed by atoms with Crippen LogP contribution in [0.2, 0.25) is 0 Å². The van der Waals surface area contributed by atoms with Gasteiger partial charge in [-0.3, -0.25) is 4.90 Å². The molecular formula is C12H17BrCl2F2N2. The lowest BCUT2D eigenvalue weighted by Gasteiger charge is -2.33. The van der Waals surface area contributed by atoms with Crippen molar-refractivity contribution in [3.63, 3.8) is 0 Å². The number of benzene rings is 1. The van der Waals surface area contributed by atoms with Crippen LogP contribution in [0.1, 0.15) is 18.5 Å². The third-order valence-corrected chi connectivity index (χ3v) is 3.62. The SMILES string of the molecule is C[C@@H](c1c(F)cc(Br)cc1F)N1CCNCC1.Cl.Cl. The van der Waals surface area contributed by atoms with E-state index in [4.69, 9.17) is 0 Å². The zero-order chi connectivity index (χ0) is 12.4. The lowest BCUT2D eigenvalue weighted by molar-refractivity contribution is 0.179. The molecule has 0 amide bonds. The van der Waals surface area contributed by atoms with Gasteiger partial charge in [0.15, 0.2) is 0 Å². The summed E-state index contributed by atoms with van der Waals surface area (Å²) in [4.78, 5) is 2.09. The maximum Gasteiger partial charge on any atom is 0.132 e. The second-order valence-corrected chi connectivity index (χ2v) is 5.16. The van der Waals surface area contributed by atoms with Crippen LogP contribution in [0.15, 0.2) is 16.6 Å². The number of piperazine rings is 1. The molecular weight excluding hydrogens is 361 g/mol. The molecule has 2 rings (SSSR count). The van der Waals surface area contributed by atoms with E-state index < -0.39 is 11.6 Å². The molecule has 0 bridgehead atoms. The standard InChI is InChI=1S/C12H15BrF2N2.2ClH/c1-8(17-4-2-16-3-5-17)12-10(14)6-9(13)7-11(12)15;;/h6-8,16H,2-5H2,1H3;2*1H/t8-;;/m0../s1. The largest absolute Gasteiger partial charge is 0.314 e. The molecule has 1 fully saturated rings. The van der Waals surface area contributed by atoms with Gasteiger partial charge >= 0.3 is 0 Å². The molecule has 0 aromatic heterocycles. The van der Waals surface area contributed by atoms with Crippen molar-refractivity contribution in [2.24, 2.45) is 0 Å². The monoisotopic (exact) mass is 376 g/mol. The Bertz CT molecular complexity index is 392. The van der Waals surface area contributed by atoms with E-state index in [1.807, 2.05) is 6.92 Å². The van der Waals surface area contributed by atoms with Crippen LogP contribution in [-0.4, -0.2) is 31.1 Å². The van der Waals surface area contributed by atoms with Gasteiger partial charge in [0, 0.05) is 42.3 Å². The minimum atomic E-state index is -0.483. The molecule has 2 nitrogen and oxygen atoms in total. The van der Waals surface area contributed by atoms with Crippen LogP contribution >= 0.6 is 40.7 Å². The van der Waals surface area contributed by atoms with E-state index in [1.165, 1.54) is 12.1 Å². The van der Waals surface area contributed by atoms with Crippen molar-refractivity contribution in [3.8, 4) is 0 Å². The molecule has 1 atom stereocenters. The Morgan fingerprint density at radius 2 is 1.63 bits per heavy atom. The summed E-state index contributed by atoms with van der Waals surface area (Å²) in [6.45, 7) is 5.21. The van der Waals surface area contributed by atoms with Gasteiger partial charge in [-0.1, -0.05) is 15.9 Å². The lowest BCUT2D eigenvalue weighted by atomic mass is 10.0. The Morgan fingerprint density at radius 3 is 2.11 bits per heavy atom. The Morgan fingerprint density at radius 1 is 1.16 bits per heavy atom. The van der Waals surface area contributed by atoms with E-state index in [0.717, 1.165) is 26.2 Å². The lowest BCUT2D eigenvalue weighted by Crippen LogP contribution is -2.44. The average molecular weight is 378 g/mol. The molecule has 110 valence electrons. The van der Waals surface area contributed by atoms with E-state index in [2.05, 4.69) is 26.1 Å². The van der Waals surface area contributed by atoms with Crippen LogP contribution in [0.25, 0.3) is 0 Å². The summed E-state index contributed by atoms with van der Waals surface area (Å²) >= 11 is 3.09. The van der Waals surface area contributed by atoms with E-state index in [-0.39, 0.29) is 36.4 Å². The Hall–Kier alpha value is 0.0600. The van der Waals surface area contributed by atoms with Crippen molar-refractivity contribution >= 4 is 40.7 Å². The molecule has 0 aliphatic carbocycles. The fraction of sp³-hybridized carbons (Fsp3) is 0.500. The maximum atomic E-state index is 13.8. The van der Waals surface area contributed by atoms with Gasteiger partial charge in [0.05, 0.1) is 0 Å². The molecule has 1 saturated heterocycles. The molecule has 0 radical (unpaired) electrons. The second kappa shape index (κ2) is 8.37. The van der Waals surface area contributed by atoms with Crippen LogP contribution in [0.3, 0.4) is 0 Å². The Labute approximate surface area is 132 Å². The highest BCUT2D eigenvalue weighted by atomic mass is 79.9. The number of nitrogens with one attached hydrogen (secondary N) is 1. The molecule has 19 heavy (non-hydrogen) atoms. The molecule has 1 aliphatic heterocycles. The summed E-state index contributed by atoms with van der Waals surface area (Å²) in [5.41, 5.74) is 0.162. The van der Waals surface area contributed by atoms with Crippen molar-refractivity contribution in [2.75, 3.05) is 26.2 Å². The fourth-order valence-corrected chi connectivity index (χ4v) is 2.61.